The molecule has 1 aromatic heterocycles. The molecule has 1 fully saturated rings. The number of aromatic nitrogens is 2. The van der Waals surface area contributed by atoms with E-state index in [1.165, 1.54) is 0 Å². The number of nitrogens with two attached hydrogens (primary N) is 1. The lowest BCUT2D eigenvalue weighted by molar-refractivity contribution is 0.0773. The minimum atomic E-state index is 0.0147. The third-order valence-corrected chi connectivity index (χ3v) is 3.55. The molecule has 1 aromatic rings. The van der Waals surface area contributed by atoms with Crippen molar-refractivity contribution >= 4 is 0 Å². The lowest BCUT2D eigenvalue weighted by Gasteiger charge is -2.20. The van der Waals surface area contributed by atoms with Crippen LogP contribution >= 0.6 is 0 Å². The molecule has 5 nitrogen and oxygen atoms in total. The largest absolute Gasteiger partial charge is 0.381 e. The van der Waals surface area contributed by atoms with E-state index in [0.717, 1.165) is 25.3 Å². The number of nitrogens with zero attached hydrogens (tertiary/aromatic N) is 2. The molecule has 3 atom stereocenters. The number of hydrogen-bond acceptors (Lipinski definition) is 5. The average molecular weight is 253 g/mol. The van der Waals surface area contributed by atoms with Gasteiger partial charge in [0.05, 0.1) is 12.5 Å². The van der Waals surface area contributed by atoms with Crippen molar-refractivity contribution < 1.29 is 9.26 Å². The Bertz CT molecular complexity index is 362. The minimum Gasteiger partial charge on any atom is -0.381 e. The highest BCUT2D eigenvalue weighted by Gasteiger charge is 2.28. The number of hydrogen-bond donors (Lipinski definition) is 1. The normalized spacial score (nSPS) is 24.2. The summed E-state index contributed by atoms with van der Waals surface area (Å²) in [4.78, 5) is 4.54. The monoisotopic (exact) mass is 253 g/mol. The van der Waals surface area contributed by atoms with E-state index in [4.69, 9.17) is 15.0 Å². The van der Waals surface area contributed by atoms with Gasteiger partial charge in [0.25, 0.3) is 0 Å². The van der Waals surface area contributed by atoms with Crippen LogP contribution in [0.4, 0.5) is 0 Å². The number of rotatable bonds is 4. The van der Waals surface area contributed by atoms with Gasteiger partial charge in [0, 0.05) is 18.6 Å². The molecular formula is C13H23N3O2. The van der Waals surface area contributed by atoms with E-state index in [2.05, 4.69) is 24.0 Å². The van der Waals surface area contributed by atoms with Crippen molar-refractivity contribution in [2.24, 2.45) is 11.7 Å². The zero-order chi connectivity index (χ0) is 13.1. The van der Waals surface area contributed by atoms with E-state index in [1.54, 1.807) is 0 Å². The van der Waals surface area contributed by atoms with E-state index in [1.807, 2.05) is 6.92 Å². The van der Waals surface area contributed by atoms with Crippen LogP contribution in [-0.4, -0.2) is 29.4 Å². The molecular weight excluding hydrogens is 230 g/mol. The smallest absolute Gasteiger partial charge is 0.231 e. The van der Waals surface area contributed by atoms with Gasteiger partial charge in [0.15, 0.2) is 5.82 Å². The third kappa shape index (κ3) is 2.90. The van der Waals surface area contributed by atoms with Gasteiger partial charge in [-0.25, -0.2) is 0 Å². The van der Waals surface area contributed by atoms with Gasteiger partial charge in [-0.15, -0.1) is 0 Å². The fraction of sp³-hybridized carbons (Fsp3) is 0.846. The predicted octanol–water partition coefficient (Wildman–Crippen LogP) is 2.05. The van der Waals surface area contributed by atoms with Gasteiger partial charge in [-0.3, -0.25) is 0 Å². The van der Waals surface area contributed by atoms with Gasteiger partial charge in [0.2, 0.25) is 5.89 Å². The van der Waals surface area contributed by atoms with Crippen molar-refractivity contribution in [1.82, 2.24) is 10.1 Å². The summed E-state index contributed by atoms with van der Waals surface area (Å²) in [7, 11) is 0. The van der Waals surface area contributed by atoms with Gasteiger partial charge in [0.1, 0.15) is 0 Å². The van der Waals surface area contributed by atoms with Gasteiger partial charge in [-0.05, 0) is 25.7 Å². The Kier molecular flexibility index (Phi) is 4.35. The summed E-state index contributed by atoms with van der Waals surface area (Å²) in [6.45, 7) is 7.78. The Balaban J connectivity index is 2.13. The molecule has 2 N–H and O–H groups in total. The molecule has 2 heterocycles. The zero-order valence-electron chi connectivity index (χ0n) is 11.4. The Hall–Kier alpha value is -0.940. The lowest BCUT2D eigenvalue weighted by atomic mass is 9.89. The maximum absolute atomic E-state index is 6.00. The molecule has 0 saturated carbocycles. The summed E-state index contributed by atoms with van der Waals surface area (Å²) in [5.74, 6) is 2.23. The first kappa shape index (κ1) is 13.5. The maximum Gasteiger partial charge on any atom is 0.231 e. The standard InChI is InChI=1S/C13H23N3O2/c1-8(2)11(9(3)14)13-15-12(16-18-13)10-5-4-6-17-7-10/h8-11H,4-7,14H2,1-3H3. The van der Waals surface area contributed by atoms with Crippen molar-refractivity contribution in [1.29, 1.82) is 0 Å². The molecule has 0 amide bonds. The highest BCUT2D eigenvalue weighted by Crippen LogP contribution is 2.28. The van der Waals surface area contributed by atoms with Crippen molar-refractivity contribution in [2.45, 2.75) is 51.5 Å². The number of ether oxygens (including phenoxy) is 1. The molecule has 3 unspecified atom stereocenters. The fourth-order valence-corrected chi connectivity index (χ4v) is 2.61. The first-order chi connectivity index (χ1) is 8.59. The second-order valence-electron chi connectivity index (χ2n) is 5.53. The Morgan fingerprint density at radius 2 is 2.11 bits per heavy atom. The maximum atomic E-state index is 6.00. The Morgan fingerprint density at radius 3 is 2.67 bits per heavy atom. The van der Waals surface area contributed by atoms with Crippen LogP contribution in [0.5, 0.6) is 0 Å². The fourth-order valence-electron chi connectivity index (χ4n) is 2.61. The van der Waals surface area contributed by atoms with E-state index < -0.39 is 0 Å². The van der Waals surface area contributed by atoms with Crippen LogP contribution in [0.25, 0.3) is 0 Å². The van der Waals surface area contributed by atoms with Crippen LogP contribution in [0.1, 0.15) is 57.2 Å². The summed E-state index contributed by atoms with van der Waals surface area (Å²) in [5, 5.41) is 4.10. The van der Waals surface area contributed by atoms with Crippen LogP contribution < -0.4 is 5.73 Å². The molecule has 2 rings (SSSR count). The molecule has 1 aliphatic rings. The highest BCUT2D eigenvalue weighted by molar-refractivity contribution is 5.03. The quantitative estimate of drug-likeness (QED) is 0.889. The second-order valence-corrected chi connectivity index (χ2v) is 5.53. The van der Waals surface area contributed by atoms with E-state index in [9.17, 15) is 0 Å². The van der Waals surface area contributed by atoms with Gasteiger partial charge >= 0.3 is 0 Å². The first-order valence-electron chi connectivity index (χ1n) is 6.76. The summed E-state index contributed by atoms with van der Waals surface area (Å²) in [6, 6.07) is 0.0147. The van der Waals surface area contributed by atoms with Crippen molar-refractivity contribution in [3.8, 4) is 0 Å². The van der Waals surface area contributed by atoms with Crippen LogP contribution in [0.3, 0.4) is 0 Å². The van der Waals surface area contributed by atoms with Gasteiger partial charge in [-0.2, -0.15) is 4.98 Å². The average Bonchev–Trinajstić information content (AvgIpc) is 2.78. The second kappa shape index (κ2) is 5.80. The third-order valence-electron chi connectivity index (χ3n) is 3.55. The zero-order valence-corrected chi connectivity index (χ0v) is 11.4. The van der Waals surface area contributed by atoms with E-state index >= 15 is 0 Å². The highest BCUT2D eigenvalue weighted by atomic mass is 16.5. The summed E-state index contributed by atoms with van der Waals surface area (Å²) in [5.41, 5.74) is 6.00. The molecule has 0 bridgehead atoms. The molecule has 18 heavy (non-hydrogen) atoms. The minimum absolute atomic E-state index is 0.0147. The topological polar surface area (TPSA) is 74.2 Å². The molecule has 102 valence electrons. The van der Waals surface area contributed by atoms with E-state index in [0.29, 0.717) is 18.4 Å². The summed E-state index contributed by atoms with van der Waals surface area (Å²) < 4.78 is 10.9. The van der Waals surface area contributed by atoms with Crippen LogP contribution in [0.15, 0.2) is 4.52 Å². The molecule has 1 saturated heterocycles. The predicted molar refractivity (Wildman–Crippen MR) is 68.3 cm³/mol. The molecule has 0 aromatic carbocycles. The van der Waals surface area contributed by atoms with Crippen molar-refractivity contribution in [3.63, 3.8) is 0 Å². The van der Waals surface area contributed by atoms with Gasteiger partial charge < -0.3 is 15.0 Å². The molecule has 0 aliphatic carbocycles. The van der Waals surface area contributed by atoms with Crippen molar-refractivity contribution in [3.05, 3.63) is 11.7 Å². The lowest BCUT2D eigenvalue weighted by Crippen LogP contribution is -2.28. The SMILES string of the molecule is CC(C)C(c1nc(C2CCCOC2)no1)C(C)N. The van der Waals surface area contributed by atoms with Gasteiger partial charge in [-0.1, -0.05) is 19.0 Å². The Labute approximate surface area is 108 Å². The van der Waals surface area contributed by atoms with Crippen LogP contribution in [0, 0.1) is 5.92 Å². The van der Waals surface area contributed by atoms with E-state index in [-0.39, 0.29) is 17.9 Å². The molecule has 0 spiro atoms. The first-order valence-corrected chi connectivity index (χ1v) is 6.76. The molecule has 0 radical (unpaired) electrons. The molecule has 5 heteroatoms. The van der Waals surface area contributed by atoms with Crippen LogP contribution in [0.2, 0.25) is 0 Å². The summed E-state index contributed by atoms with van der Waals surface area (Å²) in [6.07, 6.45) is 2.14. The molecule has 1 aliphatic heterocycles. The summed E-state index contributed by atoms with van der Waals surface area (Å²) >= 11 is 0. The Morgan fingerprint density at radius 1 is 1.33 bits per heavy atom. The van der Waals surface area contributed by atoms with Crippen LogP contribution in [-0.2, 0) is 4.74 Å². The van der Waals surface area contributed by atoms with Crippen molar-refractivity contribution in [2.75, 3.05) is 13.2 Å².